The van der Waals surface area contributed by atoms with Gasteiger partial charge in [0.15, 0.2) is 0 Å². The maximum absolute atomic E-state index is 13.2. The second-order valence-electron chi connectivity index (χ2n) is 5.02. The average molecular weight is 257 g/mol. The molecule has 0 amide bonds. The highest BCUT2D eigenvalue weighted by Crippen LogP contribution is 2.22. The number of hydrogen-bond acceptors (Lipinski definition) is 1. The summed E-state index contributed by atoms with van der Waals surface area (Å²) in [4.78, 5) is 0. The summed E-state index contributed by atoms with van der Waals surface area (Å²) >= 11 is 0. The molecule has 0 aliphatic rings. The summed E-state index contributed by atoms with van der Waals surface area (Å²) in [5.41, 5.74) is 3.53. The Morgan fingerprint density at radius 3 is 2.37 bits per heavy atom. The molecule has 0 saturated carbocycles. The van der Waals surface area contributed by atoms with E-state index in [2.05, 4.69) is 38.2 Å². The summed E-state index contributed by atoms with van der Waals surface area (Å²) in [6.07, 6.45) is 0. The third kappa shape index (κ3) is 3.42. The van der Waals surface area contributed by atoms with Crippen LogP contribution in [0.1, 0.15) is 42.6 Å². The van der Waals surface area contributed by atoms with Crippen molar-refractivity contribution < 1.29 is 4.39 Å². The first-order chi connectivity index (χ1) is 9.08. The normalized spacial score (nSPS) is 14.1. The van der Waals surface area contributed by atoms with Gasteiger partial charge in [-0.3, -0.25) is 0 Å². The Hall–Kier alpha value is -1.67. The molecule has 0 aliphatic heterocycles. The Bertz CT molecular complexity index is 550. The zero-order valence-electron chi connectivity index (χ0n) is 11.7. The summed E-state index contributed by atoms with van der Waals surface area (Å²) in [7, 11) is 0. The van der Waals surface area contributed by atoms with Crippen LogP contribution in [0.25, 0.3) is 0 Å². The second-order valence-corrected chi connectivity index (χ2v) is 5.02. The Morgan fingerprint density at radius 2 is 1.68 bits per heavy atom. The van der Waals surface area contributed by atoms with Gasteiger partial charge in [0.05, 0.1) is 0 Å². The molecule has 0 saturated heterocycles. The molecule has 2 rings (SSSR count). The van der Waals surface area contributed by atoms with Crippen LogP contribution in [0.4, 0.5) is 4.39 Å². The van der Waals surface area contributed by atoms with E-state index in [0.717, 1.165) is 5.56 Å². The molecule has 0 radical (unpaired) electrons. The van der Waals surface area contributed by atoms with Gasteiger partial charge in [-0.15, -0.1) is 0 Å². The van der Waals surface area contributed by atoms with Gasteiger partial charge in [0.2, 0.25) is 0 Å². The first-order valence-electron chi connectivity index (χ1n) is 6.65. The van der Waals surface area contributed by atoms with Gasteiger partial charge in [0, 0.05) is 12.1 Å². The maximum atomic E-state index is 13.2. The van der Waals surface area contributed by atoms with E-state index in [-0.39, 0.29) is 17.9 Å². The number of benzene rings is 2. The predicted molar refractivity (Wildman–Crippen MR) is 77.5 cm³/mol. The highest BCUT2D eigenvalue weighted by atomic mass is 19.1. The van der Waals surface area contributed by atoms with Gasteiger partial charge in [0.1, 0.15) is 5.82 Å². The van der Waals surface area contributed by atoms with E-state index in [1.807, 2.05) is 18.2 Å². The van der Waals surface area contributed by atoms with Gasteiger partial charge in [-0.05, 0) is 49.6 Å². The number of halogens is 1. The van der Waals surface area contributed by atoms with Crippen LogP contribution in [0.15, 0.2) is 48.5 Å². The SMILES string of the molecule is Cc1ccccc1[C@@H](C)NC(C)c1cccc(F)c1. The van der Waals surface area contributed by atoms with Crippen molar-refractivity contribution in [3.8, 4) is 0 Å². The Labute approximate surface area is 114 Å². The van der Waals surface area contributed by atoms with Gasteiger partial charge >= 0.3 is 0 Å². The minimum absolute atomic E-state index is 0.116. The fourth-order valence-electron chi connectivity index (χ4n) is 2.41. The third-order valence-corrected chi connectivity index (χ3v) is 3.50. The van der Waals surface area contributed by atoms with Crippen LogP contribution in [-0.4, -0.2) is 0 Å². The van der Waals surface area contributed by atoms with E-state index in [1.54, 1.807) is 12.1 Å². The molecule has 2 aromatic carbocycles. The van der Waals surface area contributed by atoms with E-state index < -0.39 is 0 Å². The van der Waals surface area contributed by atoms with E-state index in [4.69, 9.17) is 0 Å². The molecule has 1 nitrogen and oxygen atoms in total. The monoisotopic (exact) mass is 257 g/mol. The lowest BCUT2D eigenvalue weighted by Gasteiger charge is -2.22. The minimum atomic E-state index is -0.185. The molecule has 0 heterocycles. The molecule has 0 bridgehead atoms. The average Bonchev–Trinajstić information content (AvgIpc) is 2.39. The zero-order chi connectivity index (χ0) is 13.8. The smallest absolute Gasteiger partial charge is 0.123 e. The summed E-state index contributed by atoms with van der Waals surface area (Å²) in [6, 6.07) is 15.4. The Kier molecular flexibility index (Phi) is 4.33. The van der Waals surface area contributed by atoms with Crippen molar-refractivity contribution in [1.82, 2.24) is 5.32 Å². The molecular formula is C17H20FN. The zero-order valence-corrected chi connectivity index (χ0v) is 11.7. The largest absolute Gasteiger partial charge is 0.304 e. The molecule has 1 unspecified atom stereocenters. The molecule has 0 aliphatic carbocycles. The van der Waals surface area contributed by atoms with Gasteiger partial charge in [-0.1, -0.05) is 36.4 Å². The summed E-state index contributed by atoms with van der Waals surface area (Å²) in [6.45, 7) is 6.31. The van der Waals surface area contributed by atoms with E-state index in [0.29, 0.717) is 0 Å². The van der Waals surface area contributed by atoms with Gasteiger partial charge in [0.25, 0.3) is 0 Å². The highest BCUT2D eigenvalue weighted by molar-refractivity contribution is 5.29. The summed E-state index contributed by atoms with van der Waals surface area (Å²) < 4.78 is 13.2. The quantitative estimate of drug-likeness (QED) is 0.847. The minimum Gasteiger partial charge on any atom is -0.304 e. The number of nitrogens with one attached hydrogen (secondary N) is 1. The lowest BCUT2D eigenvalue weighted by Crippen LogP contribution is -2.23. The van der Waals surface area contributed by atoms with Crippen LogP contribution in [0.3, 0.4) is 0 Å². The van der Waals surface area contributed by atoms with Crippen molar-refractivity contribution in [2.24, 2.45) is 0 Å². The van der Waals surface area contributed by atoms with Crippen molar-refractivity contribution in [2.45, 2.75) is 32.9 Å². The van der Waals surface area contributed by atoms with Crippen molar-refractivity contribution in [2.75, 3.05) is 0 Å². The van der Waals surface area contributed by atoms with Gasteiger partial charge < -0.3 is 5.32 Å². The lowest BCUT2D eigenvalue weighted by molar-refractivity contribution is 0.490. The molecule has 1 N–H and O–H groups in total. The molecular weight excluding hydrogens is 237 g/mol. The van der Waals surface area contributed by atoms with E-state index >= 15 is 0 Å². The molecule has 0 aromatic heterocycles. The fourth-order valence-corrected chi connectivity index (χ4v) is 2.41. The van der Waals surface area contributed by atoms with Crippen LogP contribution < -0.4 is 5.32 Å². The Balaban J connectivity index is 2.11. The molecule has 0 spiro atoms. The number of aryl methyl sites for hydroxylation is 1. The van der Waals surface area contributed by atoms with Crippen molar-refractivity contribution in [1.29, 1.82) is 0 Å². The van der Waals surface area contributed by atoms with Gasteiger partial charge in [-0.25, -0.2) is 4.39 Å². The molecule has 2 heteroatoms. The third-order valence-electron chi connectivity index (χ3n) is 3.50. The van der Waals surface area contributed by atoms with Gasteiger partial charge in [-0.2, -0.15) is 0 Å². The van der Waals surface area contributed by atoms with Crippen molar-refractivity contribution in [3.05, 3.63) is 71.0 Å². The Morgan fingerprint density at radius 1 is 0.947 bits per heavy atom. The summed E-state index contributed by atoms with van der Waals surface area (Å²) in [5.74, 6) is -0.185. The predicted octanol–water partition coefficient (Wildman–Crippen LogP) is 4.55. The second kappa shape index (κ2) is 5.98. The maximum Gasteiger partial charge on any atom is 0.123 e. The molecule has 19 heavy (non-hydrogen) atoms. The van der Waals surface area contributed by atoms with E-state index in [9.17, 15) is 4.39 Å². The standard InChI is InChI=1S/C17H20FN/c1-12-7-4-5-10-17(12)14(3)19-13(2)15-8-6-9-16(18)11-15/h4-11,13-14,19H,1-3H3/t13?,14-/m1/s1. The topological polar surface area (TPSA) is 12.0 Å². The van der Waals surface area contributed by atoms with E-state index in [1.165, 1.54) is 17.2 Å². The van der Waals surface area contributed by atoms with Crippen LogP contribution in [0.2, 0.25) is 0 Å². The van der Waals surface area contributed by atoms with Crippen molar-refractivity contribution >= 4 is 0 Å². The molecule has 0 fully saturated rings. The summed E-state index contributed by atoms with van der Waals surface area (Å²) in [5, 5.41) is 3.51. The lowest BCUT2D eigenvalue weighted by atomic mass is 10.0. The van der Waals surface area contributed by atoms with Crippen molar-refractivity contribution in [3.63, 3.8) is 0 Å². The van der Waals surface area contributed by atoms with Crippen LogP contribution in [0.5, 0.6) is 0 Å². The molecule has 100 valence electrons. The number of rotatable bonds is 4. The highest BCUT2D eigenvalue weighted by Gasteiger charge is 2.12. The fraction of sp³-hybridized carbons (Fsp3) is 0.294. The van der Waals surface area contributed by atoms with Crippen LogP contribution in [0, 0.1) is 12.7 Å². The number of hydrogen-bond donors (Lipinski definition) is 1. The molecule has 2 aromatic rings. The van der Waals surface area contributed by atoms with Crippen LogP contribution in [-0.2, 0) is 0 Å². The first-order valence-corrected chi connectivity index (χ1v) is 6.65. The first kappa shape index (κ1) is 13.8. The molecule has 2 atom stereocenters. The van der Waals surface area contributed by atoms with Crippen LogP contribution >= 0.6 is 0 Å².